The van der Waals surface area contributed by atoms with Gasteiger partial charge in [0.05, 0.1) is 47.8 Å². The number of nitrogens with two attached hydrogens (primary N) is 1. The summed E-state index contributed by atoms with van der Waals surface area (Å²) in [5, 5.41) is 2.97. The molecule has 0 radical (unpaired) electrons. The normalized spacial score (nSPS) is 10.3. The molecule has 0 spiro atoms. The van der Waals surface area contributed by atoms with Gasteiger partial charge in [-0.05, 0) is 17.7 Å². The van der Waals surface area contributed by atoms with Gasteiger partial charge in [0.15, 0.2) is 11.5 Å². The molecule has 1 heterocycles. The van der Waals surface area contributed by atoms with Crippen LogP contribution in [0.25, 0.3) is 0 Å². The van der Waals surface area contributed by atoms with Crippen molar-refractivity contribution in [1.82, 2.24) is 9.97 Å². The number of methoxy groups -OCH3 is 4. The Morgan fingerprint density at radius 3 is 2.13 bits per heavy atom. The Balaban J connectivity index is 0.00000480. The van der Waals surface area contributed by atoms with Gasteiger partial charge in [0.25, 0.3) is 0 Å². The van der Waals surface area contributed by atoms with Gasteiger partial charge in [0.1, 0.15) is 12.5 Å². The van der Waals surface area contributed by atoms with Crippen LogP contribution in [0, 0.1) is 0 Å². The third kappa shape index (κ3) is 8.25. The molecule has 174 valence electrons. The lowest BCUT2D eigenvalue weighted by Gasteiger charge is -2.14. The molecule has 0 atom stereocenters. The molecule has 11 heteroatoms. The minimum atomic E-state index is 0. The fourth-order valence-electron chi connectivity index (χ4n) is 2.65. The molecule has 0 amide bonds. The van der Waals surface area contributed by atoms with Crippen molar-refractivity contribution < 1.29 is 28.4 Å². The van der Waals surface area contributed by atoms with E-state index >= 15 is 0 Å². The molecule has 0 aliphatic carbocycles. The molecule has 0 aliphatic heterocycles. The number of halogens is 1. The van der Waals surface area contributed by atoms with Gasteiger partial charge in [-0.3, -0.25) is 0 Å². The van der Waals surface area contributed by atoms with E-state index in [2.05, 4.69) is 15.3 Å². The number of benzene rings is 1. The van der Waals surface area contributed by atoms with E-state index in [1.54, 1.807) is 34.6 Å². The Hall–Kier alpha value is -2.53. The van der Waals surface area contributed by atoms with Gasteiger partial charge in [0, 0.05) is 25.3 Å². The van der Waals surface area contributed by atoms with Crippen LogP contribution in [0.4, 0.5) is 11.8 Å². The molecule has 3 N–H and O–H groups in total. The molecule has 0 bridgehead atoms. The number of nitrogens with zero attached hydrogens (tertiary/aromatic N) is 2. The topological polar surface area (TPSA) is 119 Å². The van der Waals surface area contributed by atoms with Crippen LogP contribution in [0.5, 0.6) is 17.2 Å². The standard InChI is InChI=1S/C20H30N4O6.ClH/c1-25-5-6-29-7-8-30-13-23-20-22-12-15(19(21)24-20)9-14-10-16(26-2)18(28-4)17(11-14)27-3;/h10-12H,5-9,13H2,1-4H3,(H3,21,22,23,24);1H. The summed E-state index contributed by atoms with van der Waals surface area (Å²) in [6, 6.07) is 3.74. The first-order valence-corrected chi connectivity index (χ1v) is 9.41. The van der Waals surface area contributed by atoms with Crippen molar-refractivity contribution >= 4 is 24.2 Å². The van der Waals surface area contributed by atoms with E-state index in [4.69, 9.17) is 34.2 Å². The first-order valence-electron chi connectivity index (χ1n) is 9.41. The van der Waals surface area contributed by atoms with Gasteiger partial charge in [-0.1, -0.05) is 0 Å². The van der Waals surface area contributed by atoms with Crippen LogP contribution >= 0.6 is 12.4 Å². The van der Waals surface area contributed by atoms with Gasteiger partial charge in [0.2, 0.25) is 11.7 Å². The van der Waals surface area contributed by atoms with Crippen molar-refractivity contribution in [3.05, 3.63) is 29.5 Å². The number of anilines is 2. The fourth-order valence-corrected chi connectivity index (χ4v) is 2.65. The zero-order valence-corrected chi connectivity index (χ0v) is 19.1. The van der Waals surface area contributed by atoms with E-state index in [0.717, 1.165) is 11.1 Å². The van der Waals surface area contributed by atoms with Crippen molar-refractivity contribution in [2.24, 2.45) is 0 Å². The van der Waals surface area contributed by atoms with Crippen molar-refractivity contribution in [3.63, 3.8) is 0 Å². The number of ether oxygens (including phenoxy) is 6. The zero-order valence-electron chi connectivity index (χ0n) is 18.3. The quantitative estimate of drug-likeness (QED) is 0.322. The Morgan fingerprint density at radius 2 is 1.55 bits per heavy atom. The first kappa shape index (κ1) is 26.5. The Labute approximate surface area is 188 Å². The maximum atomic E-state index is 6.11. The molecular formula is C20H31ClN4O6. The van der Waals surface area contributed by atoms with Crippen LogP contribution in [0.2, 0.25) is 0 Å². The predicted molar refractivity (Wildman–Crippen MR) is 120 cm³/mol. The monoisotopic (exact) mass is 458 g/mol. The van der Waals surface area contributed by atoms with E-state index < -0.39 is 0 Å². The molecule has 0 aliphatic rings. The van der Waals surface area contributed by atoms with Crippen molar-refractivity contribution in [1.29, 1.82) is 0 Å². The average Bonchev–Trinajstić information content (AvgIpc) is 2.76. The number of rotatable bonds is 14. The molecule has 31 heavy (non-hydrogen) atoms. The molecule has 0 saturated carbocycles. The number of nitrogens with one attached hydrogen (secondary N) is 1. The van der Waals surface area contributed by atoms with Crippen LogP contribution < -0.4 is 25.3 Å². The smallest absolute Gasteiger partial charge is 0.226 e. The van der Waals surface area contributed by atoms with Crippen LogP contribution in [-0.4, -0.2) is 71.6 Å². The number of nitrogen functional groups attached to an aromatic ring is 1. The van der Waals surface area contributed by atoms with Crippen LogP contribution in [0.15, 0.2) is 18.3 Å². The summed E-state index contributed by atoms with van der Waals surface area (Å²) in [4.78, 5) is 8.58. The van der Waals surface area contributed by atoms with Crippen molar-refractivity contribution in [2.75, 3.05) is 72.6 Å². The molecule has 1 aromatic heterocycles. The van der Waals surface area contributed by atoms with Crippen molar-refractivity contribution in [3.8, 4) is 17.2 Å². The van der Waals surface area contributed by atoms with Crippen LogP contribution in [0.1, 0.15) is 11.1 Å². The fraction of sp³-hybridized carbons (Fsp3) is 0.500. The highest BCUT2D eigenvalue weighted by Crippen LogP contribution is 2.38. The molecular weight excluding hydrogens is 428 g/mol. The molecule has 0 saturated heterocycles. The summed E-state index contributed by atoms with van der Waals surface area (Å²) >= 11 is 0. The summed E-state index contributed by atoms with van der Waals surface area (Å²) < 4.78 is 31.8. The van der Waals surface area contributed by atoms with E-state index in [1.807, 2.05) is 12.1 Å². The van der Waals surface area contributed by atoms with E-state index in [0.29, 0.717) is 61.9 Å². The highest BCUT2D eigenvalue weighted by atomic mass is 35.5. The lowest BCUT2D eigenvalue weighted by Crippen LogP contribution is -2.14. The van der Waals surface area contributed by atoms with E-state index in [9.17, 15) is 0 Å². The number of hydrogen-bond acceptors (Lipinski definition) is 10. The van der Waals surface area contributed by atoms with Gasteiger partial charge in [-0.2, -0.15) is 4.98 Å². The van der Waals surface area contributed by atoms with E-state index in [1.165, 1.54) is 0 Å². The molecule has 0 unspecified atom stereocenters. The number of hydrogen-bond donors (Lipinski definition) is 2. The van der Waals surface area contributed by atoms with Gasteiger partial charge >= 0.3 is 0 Å². The third-order valence-corrected chi connectivity index (χ3v) is 4.15. The zero-order chi connectivity index (χ0) is 21.8. The molecule has 2 rings (SSSR count). The van der Waals surface area contributed by atoms with Crippen molar-refractivity contribution in [2.45, 2.75) is 6.42 Å². The lowest BCUT2D eigenvalue weighted by atomic mass is 10.1. The third-order valence-electron chi connectivity index (χ3n) is 4.15. The lowest BCUT2D eigenvalue weighted by molar-refractivity contribution is 0.0290. The highest BCUT2D eigenvalue weighted by Gasteiger charge is 2.14. The summed E-state index contributed by atoms with van der Waals surface area (Å²) in [7, 11) is 6.35. The second-order valence-electron chi connectivity index (χ2n) is 6.15. The Bertz CT molecular complexity index is 771. The summed E-state index contributed by atoms with van der Waals surface area (Å²) in [6.45, 7) is 2.29. The van der Waals surface area contributed by atoms with Crippen LogP contribution in [-0.2, 0) is 20.6 Å². The second kappa shape index (κ2) is 14.5. The SMILES string of the molecule is COCCOCCOCNc1ncc(Cc2cc(OC)c(OC)c(OC)c2)c(N)n1.Cl. The maximum Gasteiger partial charge on any atom is 0.226 e. The first-order chi connectivity index (χ1) is 14.6. The van der Waals surface area contributed by atoms with E-state index in [-0.39, 0.29) is 19.1 Å². The highest BCUT2D eigenvalue weighted by molar-refractivity contribution is 5.85. The Kier molecular flexibility index (Phi) is 12.4. The van der Waals surface area contributed by atoms with Gasteiger partial charge in [-0.25, -0.2) is 4.98 Å². The molecule has 10 nitrogen and oxygen atoms in total. The summed E-state index contributed by atoms with van der Waals surface area (Å²) in [5.41, 5.74) is 7.82. The van der Waals surface area contributed by atoms with Crippen LogP contribution in [0.3, 0.4) is 0 Å². The van der Waals surface area contributed by atoms with Gasteiger partial charge in [-0.15, -0.1) is 12.4 Å². The Morgan fingerprint density at radius 1 is 0.903 bits per heavy atom. The minimum Gasteiger partial charge on any atom is -0.493 e. The molecule has 1 aromatic carbocycles. The summed E-state index contributed by atoms with van der Waals surface area (Å²) in [5.74, 6) is 2.46. The maximum absolute atomic E-state index is 6.11. The number of aromatic nitrogens is 2. The largest absolute Gasteiger partial charge is 0.493 e. The van der Waals surface area contributed by atoms with Gasteiger partial charge < -0.3 is 39.5 Å². The predicted octanol–water partition coefficient (Wildman–Crippen LogP) is 2.15. The summed E-state index contributed by atoms with van der Waals surface area (Å²) in [6.07, 6.45) is 2.19. The minimum absolute atomic E-state index is 0. The molecule has 0 fully saturated rings. The molecule has 2 aromatic rings. The average molecular weight is 459 g/mol. The second-order valence-corrected chi connectivity index (χ2v) is 6.15.